The average molecular weight is 372 g/mol. The van der Waals surface area contributed by atoms with Gasteiger partial charge >= 0.3 is 0 Å². The van der Waals surface area contributed by atoms with Gasteiger partial charge < -0.3 is 5.32 Å². The maximum Gasteiger partial charge on any atom is 0.275 e. The topological polar surface area (TPSA) is 65.8 Å². The van der Waals surface area contributed by atoms with E-state index in [-0.39, 0.29) is 5.91 Å². The molecule has 0 aromatic carbocycles. The quantitative estimate of drug-likeness (QED) is 0.709. The third kappa shape index (κ3) is 2.77. The SMILES string of the molecule is N#Cc1c(NC(=O)c2csc(-c3ccsc3)n2)sc2c1CCCC2. The zero-order chi connectivity index (χ0) is 16.5. The second-order valence-electron chi connectivity index (χ2n) is 5.53. The first kappa shape index (κ1) is 15.5. The van der Waals surface area contributed by atoms with Gasteiger partial charge in [0.2, 0.25) is 0 Å². The van der Waals surface area contributed by atoms with Crippen molar-refractivity contribution >= 4 is 44.9 Å². The van der Waals surface area contributed by atoms with Crippen LogP contribution in [0, 0.1) is 11.3 Å². The third-order valence-corrected chi connectivity index (χ3v) is 6.80. The van der Waals surface area contributed by atoms with Crippen LogP contribution in [0.15, 0.2) is 22.2 Å². The predicted octanol–water partition coefficient (Wildman–Crippen LogP) is 4.94. The van der Waals surface area contributed by atoms with Crippen LogP contribution in [0.3, 0.4) is 0 Å². The molecule has 1 N–H and O–H groups in total. The van der Waals surface area contributed by atoms with Crippen molar-refractivity contribution in [1.29, 1.82) is 5.26 Å². The maximum absolute atomic E-state index is 12.5. The number of fused-ring (bicyclic) bond motifs is 1. The molecule has 7 heteroatoms. The molecule has 1 amide bonds. The van der Waals surface area contributed by atoms with E-state index in [0.717, 1.165) is 41.8 Å². The fraction of sp³-hybridized carbons (Fsp3) is 0.235. The molecule has 1 aliphatic rings. The first-order valence-electron chi connectivity index (χ1n) is 7.60. The largest absolute Gasteiger partial charge is 0.311 e. The Hall–Kier alpha value is -2.01. The van der Waals surface area contributed by atoms with Crippen molar-refractivity contribution in [2.24, 2.45) is 0 Å². The lowest BCUT2D eigenvalue weighted by Crippen LogP contribution is -2.12. The summed E-state index contributed by atoms with van der Waals surface area (Å²) in [5.74, 6) is -0.247. The van der Waals surface area contributed by atoms with E-state index in [1.165, 1.54) is 27.6 Å². The minimum atomic E-state index is -0.247. The molecular formula is C17H13N3OS3. The van der Waals surface area contributed by atoms with Crippen LogP contribution in [-0.2, 0) is 12.8 Å². The van der Waals surface area contributed by atoms with Gasteiger partial charge in [-0.25, -0.2) is 4.98 Å². The van der Waals surface area contributed by atoms with E-state index in [1.54, 1.807) is 16.7 Å². The molecule has 0 fully saturated rings. The second-order valence-corrected chi connectivity index (χ2v) is 8.27. The zero-order valence-corrected chi connectivity index (χ0v) is 15.1. The summed E-state index contributed by atoms with van der Waals surface area (Å²) in [7, 11) is 0. The summed E-state index contributed by atoms with van der Waals surface area (Å²) >= 11 is 4.60. The first-order valence-corrected chi connectivity index (χ1v) is 10.2. The lowest BCUT2D eigenvalue weighted by Gasteiger charge is -2.09. The number of anilines is 1. The van der Waals surface area contributed by atoms with E-state index in [0.29, 0.717) is 16.3 Å². The van der Waals surface area contributed by atoms with Crippen molar-refractivity contribution in [2.45, 2.75) is 25.7 Å². The highest BCUT2D eigenvalue weighted by atomic mass is 32.1. The van der Waals surface area contributed by atoms with Crippen LogP contribution in [0.25, 0.3) is 10.6 Å². The van der Waals surface area contributed by atoms with Crippen molar-refractivity contribution in [2.75, 3.05) is 5.32 Å². The van der Waals surface area contributed by atoms with Gasteiger partial charge in [0.25, 0.3) is 5.91 Å². The van der Waals surface area contributed by atoms with E-state index < -0.39 is 0 Å². The summed E-state index contributed by atoms with van der Waals surface area (Å²) in [6, 6.07) is 4.26. The minimum absolute atomic E-state index is 0.247. The third-order valence-electron chi connectivity index (χ3n) is 4.02. The summed E-state index contributed by atoms with van der Waals surface area (Å²) in [4.78, 5) is 18.2. The molecule has 0 saturated heterocycles. The number of thiophene rings is 2. The Bertz CT molecular complexity index is 931. The summed E-state index contributed by atoms with van der Waals surface area (Å²) in [5, 5.41) is 19.6. The van der Waals surface area contributed by atoms with Crippen molar-refractivity contribution in [1.82, 2.24) is 4.98 Å². The Morgan fingerprint density at radius 3 is 2.96 bits per heavy atom. The molecule has 0 unspecified atom stereocenters. The summed E-state index contributed by atoms with van der Waals surface area (Å²) in [6.45, 7) is 0. The lowest BCUT2D eigenvalue weighted by atomic mass is 9.96. The fourth-order valence-corrected chi connectivity index (χ4v) is 5.58. The molecule has 3 heterocycles. The Labute approximate surface area is 151 Å². The van der Waals surface area contributed by atoms with Crippen LogP contribution in [0.1, 0.15) is 39.3 Å². The smallest absolute Gasteiger partial charge is 0.275 e. The standard InChI is InChI=1S/C17H13N3OS3/c18-7-12-11-3-1-2-4-14(11)24-17(12)20-15(21)13-9-23-16(19-13)10-5-6-22-8-10/h5-6,8-9H,1-4H2,(H,20,21). The molecule has 3 aromatic heterocycles. The zero-order valence-electron chi connectivity index (χ0n) is 12.7. The van der Waals surface area contributed by atoms with Crippen LogP contribution >= 0.6 is 34.0 Å². The first-order chi connectivity index (χ1) is 11.8. The molecule has 0 bridgehead atoms. The van der Waals surface area contributed by atoms with Crippen molar-refractivity contribution in [3.05, 3.63) is 43.9 Å². The molecular weight excluding hydrogens is 358 g/mol. The number of nitrogens with one attached hydrogen (secondary N) is 1. The van der Waals surface area contributed by atoms with E-state index in [4.69, 9.17) is 0 Å². The van der Waals surface area contributed by atoms with Crippen LogP contribution in [-0.4, -0.2) is 10.9 Å². The van der Waals surface area contributed by atoms with E-state index in [9.17, 15) is 10.1 Å². The molecule has 0 aliphatic heterocycles. The average Bonchev–Trinajstić information content (AvgIpc) is 3.33. The monoisotopic (exact) mass is 371 g/mol. The highest BCUT2D eigenvalue weighted by Crippen LogP contribution is 2.38. The highest BCUT2D eigenvalue weighted by molar-refractivity contribution is 7.17. The Morgan fingerprint density at radius 1 is 1.29 bits per heavy atom. The van der Waals surface area contributed by atoms with Crippen molar-refractivity contribution in [3.8, 4) is 16.6 Å². The molecule has 1 aliphatic carbocycles. The molecule has 3 aromatic rings. The van der Waals surface area contributed by atoms with E-state index in [1.807, 2.05) is 16.8 Å². The van der Waals surface area contributed by atoms with Gasteiger partial charge in [-0.05, 0) is 42.7 Å². The number of hydrogen-bond donors (Lipinski definition) is 1. The highest BCUT2D eigenvalue weighted by Gasteiger charge is 2.22. The van der Waals surface area contributed by atoms with Gasteiger partial charge in [-0.1, -0.05) is 0 Å². The lowest BCUT2D eigenvalue weighted by molar-refractivity contribution is 0.102. The number of thiazole rings is 1. The molecule has 0 radical (unpaired) electrons. The Balaban J connectivity index is 1.59. The predicted molar refractivity (Wildman–Crippen MR) is 99.1 cm³/mol. The Morgan fingerprint density at radius 2 is 2.17 bits per heavy atom. The number of aryl methyl sites for hydroxylation is 1. The van der Waals surface area contributed by atoms with Gasteiger partial charge in [-0.2, -0.15) is 16.6 Å². The molecule has 0 spiro atoms. The minimum Gasteiger partial charge on any atom is -0.311 e. The van der Waals surface area contributed by atoms with Crippen LogP contribution in [0.4, 0.5) is 5.00 Å². The van der Waals surface area contributed by atoms with Gasteiger partial charge in [0, 0.05) is 21.2 Å². The number of nitriles is 1. The summed E-state index contributed by atoms with van der Waals surface area (Å²) in [6.07, 6.45) is 4.21. The van der Waals surface area contributed by atoms with Gasteiger partial charge in [0.05, 0.1) is 5.56 Å². The number of rotatable bonds is 3. The normalized spacial score (nSPS) is 13.3. The van der Waals surface area contributed by atoms with Crippen molar-refractivity contribution in [3.63, 3.8) is 0 Å². The Kier molecular flexibility index (Phi) is 4.19. The molecule has 4 nitrogen and oxygen atoms in total. The van der Waals surface area contributed by atoms with Gasteiger partial charge in [-0.3, -0.25) is 4.79 Å². The number of hydrogen-bond acceptors (Lipinski definition) is 6. The van der Waals surface area contributed by atoms with Crippen LogP contribution in [0.2, 0.25) is 0 Å². The molecule has 24 heavy (non-hydrogen) atoms. The fourth-order valence-electron chi connectivity index (χ4n) is 2.84. The van der Waals surface area contributed by atoms with E-state index in [2.05, 4.69) is 16.4 Å². The number of nitrogens with zero attached hydrogens (tertiary/aromatic N) is 2. The van der Waals surface area contributed by atoms with Crippen molar-refractivity contribution < 1.29 is 4.79 Å². The number of carbonyl (C=O) groups is 1. The number of amides is 1. The van der Waals surface area contributed by atoms with Crippen LogP contribution < -0.4 is 5.32 Å². The van der Waals surface area contributed by atoms with Gasteiger partial charge in [-0.15, -0.1) is 22.7 Å². The molecule has 120 valence electrons. The number of aromatic nitrogens is 1. The van der Waals surface area contributed by atoms with E-state index >= 15 is 0 Å². The number of carbonyl (C=O) groups excluding carboxylic acids is 1. The summed E-state index contributed by atoms with van der Waals surface area (Å²) < 4.78 is 0. The molecule has 0 saturated carbocycles. The molecule has 4 rings (SSSR count). The summed E-state index contributed by atoms with van der Waals surface area (Å²) in [5.41, 5.74) is 3.20. The van der Waals surface area contributed by atoms with Gasteiger partial charge in [0.1, 0.15) is 21.8 Å². The molecule has 0 atom stereocenters. The maximum atomic E-state index is 12.5. The second kappa shape index (κ2) is 6.48. The van der Waals surface area contributed by atoms with Gasteiger partial charge in [0.15, 0.2) is 0 Å². The van der Waals surface area contributed by atoms with Crippen LogP contribution in [0.5, 0.6) is 0 Å².